The van der Waals surface area contributed by atoms with Crippen LogP contribution in [0.25, 0.3) is 11.3 Å². The minimum absolute atomic E-state index is 0.350. The predicted octanol–water partition coefficient (Wildman–Crippen LogP) is 3.67. The molecule has 0 aliphatic heterocycles. The van der Waals surface area contributed by atoms with E-state index in [1.54, 1.807) is 0 Å². The number of aryl methyl sites for hydroxylation is 2. The van der Waals surface area contributed by atoms with Gasteiger partial charge in [-0.1, -0.05) is 31.0 Å². The summed E-state index contributed by atoms with van der Waals surface area (Å²) in [6.45, 7) is 8.42. The maximum Gasteiger partial charge on any atom is 0.126 e. The first-order valence-electron chi connectivity index (χ1n) is 6.91. The summed E-state index contributed by atoms with van der Waals surface area (Å²) in [6, 6.07) is 6.51. The molecule has 0 unspecified atom stereocenters. The van der Waals surface area contributed by atoms with Crippen molar-refractivity contribution in [3.8, 4) is 11.3 Å². The van der Waals surface area contributed by atoms with Gasteiger partial charge in [0, 0.05) is 5.56 Å². The van der Waals surface area contributed by atoms with Gasteiger partial charge >= 0.3 is 0 Å². The first-order chi connectivity index (χ1) is 8.98. The standard InChI is InChI=1S/C16H23N3/c1-5-16(17,6-2)15-18-10-14(19-15)13-8-11(3)7-12(4)9-13/h7-10H,5-6,17H2,1-4H3,(H,18,19). The summed E-state index contributed by atoms with van der Waals surface area (Å²) in [5.74, 6) is 0.881. The third kappa shape index (κ3) is 2.71. The Bertz CT molecular complexity index is 545. The van der Waals surface area contributed by atoms with Gasteiger partial charge in [0.2, 0.25) is 0 Å². The Balaban J connectivity index is 2.40. The highest BCUT2D eigenvalue weighted by atomic mass is 15.0. The molecule has 1 aromatic heterocycles. The lowest BCUT2D eigenvalue weighted by Crippen LogP contribution is -2.36. The van der Waals surface area contributed by atoms with Gasteiger partial charge in [-0.3, -0.25) is 0 Å². The van der Waals surface area contributed by atoms with E-state index in [2.05, 4.69) is 55.9 Å². The Morgan fingerprint density at radius 1 is 1.11 bits per heavy atom. The molecule has 0 bridgehead atoms. The normalized spacial score (nSPS) is 11.8. The largest absolute Gasteiger partial charge is 0.340 e. The van der Waals surface area contributed by atoms with Crippen molar-refractivity contribution < 1.29 is 0 Å². The number of nitrogens with two attached hydrogens (primary N) is 1. The van der Waals surface area contributed by atoms with Crippen LogP contribution in [-0.4, -0.2) is 9.97 Å². The molecule has 0 saturated heterocycles. The molecular formula is C16H23N3. The van der Waals surface area contributed by atoms with Crippen molar-refractivity contribution in [1.29, 1.82) is 0 Å². The van der Waals surface area contributed by atoms with E-state index in [1.807, 2.05) is 6.20 Å². The number of nitrogens with zero attached hydrogens (tertiary/aromatic N) is 1. The predicted molar refractivity (Wildman–Crippen MR) is 79.9 cm³/mol. The minimum Gasteiger partial charge on any atom is -0.340 e. The molecule has 3 heteroatoms. The van der Waals surface area contributed by atoms with Gasteiger partial charge in [0.05, 0.1) is 17.4 Å². The quantitative estimate of drug-likeness (QED) is 0.878. The Morgan fingerprint density at radius 3 is 2.21 bits per heavy atom. The number of hydrogen-bond acceptors (Lipinski definition) is 2. The lowest BCUT2D eigenvalue weighted by molar-refractivity contribution is 0.391. The second kappa shape index (κ2) is 5.17. The van der Waals surface area contributed by atoms with Crippen molar-refractivity contribution in [2.45, 2.75) is 46.1 Å². The summed E-state index contributed by atoms with van der Waals surface area (Å²) in [5.41, 5.74) is 10.8. The van der Waals surface area contributed by atoms with Crippen LogP contribution in [0.4, 0.5) is 0 Å². The molecule has 3 nitrogen and oxygen atoms in total. The molecule has 19 heavy (non-hydrogen) atoms. The van der Waals surface area contributed by atoms with Crippen molar-refractivity contribution >= 4 is 0 Å². The molecule has 0 radical (unpaired) electrons. The van der Waals surface area contributed by atoms with E-state index < -0.39 is 0 Å². The van der Waals surface area contributed by atoms with Gasteiger partial charge < -0.3 is 10.7 Å². The Morgan fingerprint density at radius 2 is 1.68 bits per heavy atom. The van der Waals surface area contributed by atoms with Crippen LogP contribution in [0.5, 0.6) is 0 Å². The lowest BCUT2D eigenvalue weighted by Gasteiger charge is -2.23. The van der Waals surface area contributed by atoms with Crippen LogP contribution in [0, 0.1) is 13.8 Å². The number of hydrogen-bond donors (Lipinski definition) is 2. The second-order valence-corrected chi connectivity index (χ2v) is 5.39. The zero-order chi connectivity index (χ0) is 14.0. The average molecular weight is 257 g/mol. The third-order valence-corrected chi connectivity index (χ3v) is 3.84. The molecule has 0 aliphatic rings. The van der Waals surface area contributed by atoms with Gasteiger partial charge in [0.15, 0.2) is 0 Å². The van der Waals surface area contributed by atoms with Gasteiger partial charge in [0.1, 0.15) is 5.82 Å². The highest BCUT2D eigenvalue weighted by Gasteiger charge is 2.26. The number of imidazole rings is 1. The smallest absolute Gasteiger partial charge is 0.126 e. The van der Waals surface area contributed by atoms with Crippen LogP contribution in [0.2, 0.25) is 0 Å². The fourth-order valence-corrected chi connectivity index (χ4v) is 2.44. The fraction of sp³-hybridized carbons (Fsp3) is 0.438. The van der Waals surface area contributed by atoms with Crippen molar-refractivity contribution in [2.24, 2.45) is 5.73 Å². The number of aromatic nitrogens is 2. The van der Waals surface area contributed by atoms with Crippen LogP contribution in [0.15, 0.2) is 24.4 Å². The summed E-state index contributed by atoms with van der Waals surface area (Å²) >= 11 is 0. The monoisotopic (exact) mass is 257 g/mol. The maximum absolute atomic E-state index is 6.38. The van der Waals surface area contributed by atoms with Crippen molar-refractivity contribution in [2.75, 3.05) is 0 Å². The summed E-state index contributed by atoms with van der Waals surface area (Å²) in [6.07, 6.45) is 3.64. The number of H-pyrrole nitrogens is 1. The summed E-state index contributed by atoms with van der Waals surface area (Å²) < 4.78 is 0. The van der Waals surface area contributed by atoms with Crippen LogP contribution >= 0.6 is 0 Å². The van der Waals surface area contributed by atoms with E-state index >= 15 is 0 Å². The number of rotatable bonds is 4. The molecular weight excluding hydrogens is 234 g/mol. The van der Waals surface area contributed by atoms with E-state index in [0.29, 0.717) is 0 Å². The summed E-state index contributed by atoms with van der Waals surface area (Å²) in [7, 11) is 0. The molecule has 0 saturated carbocycles. The van der Waals surface area contributed by atoms with Gasteiger partial charge in [-0.15, -0.1) is 0 Å². The second-order valence-electron chi connectivity index (χ2n) is 5.39. The van der Waals surface area contributed by atoms with E-state index in [1.165, 1.54) is 16.7 Å². The molecule has 2 aromatic rings. The van der Waals surface area contributed by atoms with Gasteiger partial charge in [-0.05, 0) is 38.8 Å². The summed E-state index contributed by atoms with van der Waals surface area (Å²) in [5, 5.41) is 0. The number of aromatic amines is 1. The Kier molecular flexibility index (Phi) is 3.76. The first kappa shape index (κ1) is 13.8. The molecule has 0 spiro atoms. The zero-order valence-electron chi connectivity index (χ0n) is 12.2. The average Bonchev–Trinajstić information content (AvgIpc) is 2.87. The van der Waals surface area contributed by atoms with Crippen molar-refractivity contribution in [3.63, 3.8) is 0 Å². The van der Waals surface area contributed by atoms with Gasteiger partial charge in [-0.25, -0.2) is 4.98 Å². The van der Waals surface area contributed by atoms with Crippen molar-refractivity contribution in [3.05, 3.63) is 41.3 Å². The van der Waals surface area contributed by atoms with E-state index in [4.69, 9.17) is 5.73 Å². The lowest BCUT2D eigenvalue weighted by atomic mass is 9.93. The maximum atomic E-state index is 6.38. The molecule has 0 fully saturated rings. The van der Waals surface area contributed by atoms with Crippen LogP contribution in [-0.2, 0) is 5.54 Å². The Hall–Kier alpha value is -1.61. The van der Waals surface area contributed by atoms with E-state index in [-0.39, 0.29) is 5.54 Å². The molecule has 102 valence electrons. The van der Waals surface area contributed by atoms with E-state index in [0.717, 1.165) is 24.4 Å². The number of benzene rings is 1. The van der Waals surface area contributed by atoms with Crippen LogP contribution in [0.3, 0.4) is 0 Å². The minimum atomic E-state index is -0.350. The van der Waals surface area contributed by atoms with Crippen molar-refractivity contribution in [1.82, 2.24) is 9.97 Å². The molecule has 3 N–H and O–H groups in total. The third-order valence-electron chi connectivity index (χ3n) is 3.84. The molecule has 2 rings (SSSR count). The highest BCUT2D eigenvalue weighted by Crippen LogP contribution is 2.26. The fourth-order valence-electron chi connectivity index (χ4n) is 2.44. The zero-order valence-corrected chi connectivity index (χ0v) is 12.2. The summed E-state index contributed by atoms with van der Waals surface area (Å²) in [4.78, 5) is 7.88. The molecule has 0 atom stereocenters. The molecule has 0 aliphatic carbocycles. The Labute approximate surface area is 115 Å². The molecule has 0 amide bonds. The van der Waals surface area contributed by atoms with Gasteiger partial charge in [-0.2, -0.15) is 0 Å². The van der Waals surface area contributed by atoms with Crippen LogP contribution < -0.4 is 5.73 Å². The first-order valence-corrected chi connectivity index (χ1v) is 6.91. The highest BCUT2D eigenvalue weighted by molar-refractivity contribution is 5.60. The van der Waals surface area contributed by atoms with Gasteiger partial charge in [0.25, 0.3) is 0 Å². The van der Waals surface area contributed by atoms with E-state index in [9.17, 15) is 0 Å². The SMILES string of the molecule is CCC(N)(CC)c1ncc(-c2cc(C)cc(C)c2)[nH]1. The number of nitrogens with one attached hydrogen (secondary N) is 1. The topological polar surface area (TPSA) is 54.7 Å². The molecule has 1 aromatic carbocycles. The van der Waals surface area contributed by atoms with Crippen LogP contribution in [0.1, 0.15) is 43.6 Å². The molecule has 1 heterocycles.